The number of carbonyl (C=O) groups is 2. The molecule has 4 rings (SSSR count). The van der Waals surface area contributed by atoms with E-state index in [9.17, 15) is 14.9 Å². The van der Waals surface area contributed by atoms with Gasteiger partial charge in [-0.2, -0.15) is 5.26 Å². The average molecular weight is 483 g/mol. The molecular formula is C28H30N6O2. The number of amides is 2. The number of nitriles is 1. The predicted octanol–water partition coefficient (Wildman–Crippen LogP) is 4.55. The second kappa shape index (κ2) is 11.4. The summed E-state index contributed by atoms with van der Waals surface area (Å²) in [5.41, 5.74) is 4.26. The van der Waals surface area contributed by atoms with Crippen LogP contribution in [0.25, 0.3) is 0 Å². The lowest BCUT2D eigenvalue weighted by Gasteiger charge is -2.44. The van der Waals surface area contributed by atoms with Crippen molar-refractivity contribution in [2.75, 3.05) is 30.3 Å². The van der Waals surface area contributed by atoms with Crippen LogP contribution in [0.5, 0.6) is 0 Å². The lowest BCUT2D eigenvalue weighted by molar-refractivity contribution is 0.0733. The van der Waals surface area contributed by atoms with E-state index in [2.05, 4.69) is 27.0 Å². The summed E-state index contributed by atoms with van der Waals surface area (Å²) in [6, 6.07) is 24.3. The fourth-order valence-electron chi connectivity index (χ4n) is 4.39. The minimum Gasteiger partial charge on any atom is -0.352 e. The molecule has 0 bridgehead atoms. The van der Waals surface area contributed by atoms with Gasteiger partial charge in [0, 0.05) is 36.6 Å². The Bertz CT molecular complexity index is 1240. The number of Topliss-reactive ketones (excluding diaryl/α,β-unsaturated/α-hetero) is 1. The Balaban J connectivity index is 1.54. The zero-order valence-corrected chi connectivity index (χ0v) is 20.4. The standard InChI is InChI=1S/C28H30N6O2/c1-20-8-6-7-11-25(20)32-27(30-19-29)33-16-17-34(26(18-33)23-9-4-3-5-10-23)28(36)31-24-14-12-22(13-15-24)21(2)35/h3-15,26-27,30,32H,16-18H2,1-2H3,(H,31,36). The molecule has 2 atom stereocenters. The zero-order chi connectivity index (χ0) is 25.5. The van der Waals surface area contributed by atoms with Gasteiger partial charge in [-0.25, -0.2) is 4.79 Å². The largest absolute Gasteiger partial charge is 0.352 e. The molecule has 3 aromatic carbocycles. The average Bonchev–Trinajstić information content (AvgIpc) is 2.90. The first-order valence-corrected chi connectivity index (χ1v) is 11.9. The summed E-state index contributed by atoms with van der Waals surface area (Å²) in [6.07, 6.45) is 1.64. The first-order valence-electron chi connectivity index (χ1n) is 11.9. The van der Waals surface area contributed by atoms with Crippen molar-refractivity contribution in [3.05, 3.63) is 95.6 Å². The number of benzene rings is 3. The Labute approximate surface area is 211 Å². The minimum absolute atomic E-state index is 0.0204. The maximum absolute atomic E-state index is 13.4. The molecule has 8 heteroatoms. The van der Waals surface area contributed by atoms with Crippen LogP contribution in [-0.2, 0) is 0 Å². The van der Waals surface area contributed by atoms with Gasteiger partial charge in [-0.1, -0.05) is 48.5 Å². The highest BCUT2D eigenvalue weighted by Gasteiger charge is 2.34. The second-order valence-corrected chi connectivity index (χ2v) is 8.80. The van der Waals surface area contributed by atoms with Gasteiger partial charge < -0.3 is 15.5 Å². The van der Waals surface area contributed by atoms with Crippen molar-refractivity contribution in [1.82, 2.24) is 15.1 Å². The van der Waals surface area contributed by atoms with Gasteiger partial charge in [0.2, 0.25) is 0 Å². The summed E-state index contributed by atoms with van der Waals surface area (Å²) in [5.74, 6) is -0.0204. The van der Waals surface area contributed by atoms with Crippen LogP contribution in [0.15, 0.2) is 78.9 Å². The Morgan fingerprint density at radius 3 is 2.33 bits per heavy atom. The first kappa shape index (κ1) is 24.8. The predicted molar refractivity (Wildman–Crippen MR) is 140 cm³/mol. The van der Waals surface area contributed by atoms with Crippen molar-refractivity contribution >= 4 is 23.2 Å². The molecule has 2 unspecified atom stereocenters. The summed E-state index contributed by atoms with van der Waals surface area (Å²) < 4.78 is 0. The van der Waals surface area contributed by atoms with E-state index in [1.165, 1.54) is 6.92 Å². The number of carbonyl (C=O) groups excluding carboxylic acids is 2. The SMILES string of the molecule is CC(=O)c1ccc(NC(=O)N2CCN(C(NC#N)Nc3ccccc3C)CC2c2ccccc2)cc1. The molecule has 3 aromatic rings. The Morgan fingerprint density at radius 1 is 0.972 bits per heavy atom. The summed E-state index contributed by atoms with van der Waals surface area (Å²) >= 11 is 0. The van der Waals surface area contributed by atoms with Gasteiger partial charge in [-0.05, 0) is 55.3 Å². The Hall–Kier alpha value is -4.35. The first-order chi connectivity index (χ1) is 17.5. The Kier molecular flexibility index (Phi) is 7.83. The lowest BCUT2D eigenvalue weighted by atomic mass is 10.0. The highest BCUT2D eigenvalue weighted by molar-refractivity contribution is 5.95. The molecule has 0 radical (unpaired) electrons. The van der Waals surface area contributed by atoms with Crippen LogP contribution in [0.2, 0.25) is 0 Å². The number of piperazine rings is 1. The van der Waals surface area contributed by atoms with Gasteiger partial charge in [-0.15, -0.1) is 0 Å². The highest BCUT2D eigenvalue weighted by Crippen LogP contribution is 2.28. The molecule has 1 fully saturated rings. The van der Waals surface area contributed by atoms with E-state index in [4.69, 9.17) is 0 Å². The monoisotopic (exact) mass is 482 g/mol. The van der Waals surface area contributed by atoms with Gasteiger partial charge in [0.25, 0.3) is 0 Å². The summed E-state index contributed by atoms with van der Waals surface area (Å²) in [5, 5.41) is 18.7. The molecule has 0 aromatic heterocycles. The quantitative estimate of drug-likeness (QED) is 0.198. The number of ketones is 1. The van der Waals surface area contributed by atoms with Crippen LogP contribution in [0, 0.1) is 18.4 Å². The van der Waals surface area contributed by atoms with Crippen LogP contribution in [-0.4, -0.2) is 47.5 Å². The molecule has 184 valence electrons. The second-order valence-electron chi connectivity index (χ2n) is 8.80. The van der Waals surface area contributed by atoms with Gasteiger partial charge in [-0.3, -0.25) is 15.0 Å². The number of nitrogens with zero attached hydrogens (tertiary/aromatic N) is 3. The van der Waals surface area contributed by atoms with Crippen LogP contribution >= 0.6 is 0 Å². The molecule has 0 spiro atoms. The molecule has 36 heavy (non-hydrogen) atoms. The summed E-state index contributed by atoms with van der Waals surface area (Å²) in [7, 11) is 0. The number of urea groups is 1. The number of rotatable bonds is 7. The van der Waals surface area contributed by atoms with Gasteiger partial charge in [0.1, 0.15) is 0 Å². The van der Waals surface area contributed by atoms with E-state index in [1.54, 1.807) is 24.3 Å². The smallest absolute Gasteiger partial charge is 0.322 e. The van der Waals surface area contributed by atoms with Crippen LogP contribution in [0.1, 0.15) is 34.5 Å². The van der Waals surface area contributed by atoms with Crippen LogP contribution in [0.4, 0.5) is 16.2 Å². The van der Waals surface area contributed by atoms with Crippen molar-refractivity contribution < 1.29 is 9.59 Å². The molecule has 3 N–H and O–H groups in total. The Morgan fingerprint density at radius 2 is 1.67 bits per heavy atom. The van der Waals surface area contributed by atoms with Gasteiger partial charge in [0.05, 0.1) is 6.04 Å². The van der Waals surface area contributed by atoms with Crippen molar-refractivity contribution in [2.24, 2.45) is 0 Å². The number of para-hydroxylation sites is 1. The van der Waals surface area contributed by atoms with E-state index in [0.717, 1.165) is 16.8 Å². The zero-order valence-electron chi connectivity index (χ0n) is 20.4. The van der Waals surface area contributed by atoms with Crippen molar-refractivity contribution in [3.8, 4) is 6.19 Å². The number of hydrogen-bond donors (Lipinski definition) is 3. The molecule has 1 aliphatic rings. The molecule has 1 heterocycles. The summed E-state index contributed by atoms with van der Waals surface area (Å²) in [6.45, 7) is 5.09. The summed E-state index contributed by atoms with van der Waals surface area (Å²) in [4.78, 5) is 28.9. The maximum atomic E-state index is 13.4. The number of aryl methyl sites for hydroxylation is 1. The molecule has 8 nitrogen and oxygen atoms in total. The molecule has 2 amide bonds. The topological polar surface area (TPSA) is 100 Å². The van der Waals surface area contributed by atoms with E-state index in [-0.39, 0.29) is 17.9 Å². The van der Waals surface area contributed by atoms with Crippen molar-refractivity contribution in [3.63, 3.8) is 0 Å². The molecule has 0 saturated carbocycles. The maximum Gasteiger partial charge on any atom is 0.322 e. The van der Waals surface area contributed by atoms with Gasteiger partial charge >= 0.3 is 6.03 Å². The third-order valence-electron chi connectivity index (χ3n) is 6.40. The van der Waals surface area contributed by atoms with Crippen molar-refractivity contribution in [1.29, 1.82) is 5.26 Å². The van der Waals surface area contributed by atoms with E-state index >= 15 is 0 Å². The fourth-order valence-corrected chi connectivity index (χ4v) is 4.39. The highest BCUT2D eigenvalue weighted by atomic mass is 16.2. The number of nitrogens with one attached hydrogen (secondary N) is 3. The van der Waals surface area contributed by atoms with Crippen LogP contribution in [0.3, 0.4) is 0 Å². The third kappa shape index (κ3) is 5.82. The van der Waals surface area contributed by atoms with E-state index in [0.29, 0.717) is 30.9 Å². The molecule has 1 saturated heterocycles. The normalized spacial score (nSPS) is 16.5. The van der Waals surface area contributed by atoms with Crippen LogP contribution < -0.4 is 16.0 Å². The number of hydrogen-bond acceptors (Lipinski definition) is 6. The van der Waals surface area contributed by atoms with E-state index < -0.39 is 6.29 Å². The van der Waals surface area contributed by atoms with Gasteiger partial charge in [0.15, 0.2) is 18.3 Å². The minimum atomic E-state index is -0.424. The molecule has 0 aliphatic carbocycles. The fraction of sp³-hybridized carbons (Fsp3) is 0.250. The lowest BCUT2D eigenvalue weighted by Crippen LogP contribution is -2.59. The molecular weight excluding hydrogens is 452 g/mol. The van der Waals surface area contributed by atoms with Crippen molar-refractivity contribution in [2.45, 2.75) is 26.2 Å². The number of anilines is 2. The molecule has 1 aliphatic heterocycles. The van der Waals surface area contributed by atoms with E-state index in [1.807, 2.05) is 66.4 Å². The third-order valence-corrected chi connectivity index (χ3v) is 6.40.